The van der Waals surface area contributed by atoms with Gasteiger partial charge in [0.05, 0.1) is 12.6 Å². The van der Waals surface area contributed by atoms with Gasteiger partial charge in [-0.15, -0.1) is 6.42 Å². The molecule has 1 aromatic carbocycles. The van der Waals surface area contributed by atoms with Crippen LogP contribution in [-0.4, -0.2) is 31.1 Å². The van der Waals surface area contributed by atoms with Crippen molar-refractivity contribution in [3.05, 3.63) is 29.8 Å². The van der Waals surface area contributed by atoms with Gasteiger partial charge in [-0.3, -0.25) is 9.59 Å². The molecule has 0 unspecified atom stereocenters. The Labute approximate surface area is 130 Å². The number of anilines is 1. The number of benzene rings is 1. The van der Waals surface area contributed by atoms with Crippen molar-refractivity contribution in [2.24, 2.45) is 0 Å². The molecule has 1 aromatic rings. The van der Waals surface area contributed by atoms with E-state index >= 15 is 0 Å². The minimum Gasteiger partial charge on any atom is -0.378 e. The van der Waals surface area contributed by atoms with E-state index in [0.717, 1.165) is 19.4 Å². The van der Waals surface area contributed by atoms with Crippen LogP contribution < -0.4 is 10.6 Å². The third-order valence-electron chi connectivity index (χ3n) is 3.48. The summed E-state index contributed by atoms with van der Waals surface area (Å²) in [7, 11) is 0. The summed E-state index contributed by atoms with van der Waals surface area (Å²) < 4.78 is 5.45. The Morgan fingerprint density at radius 2 is 2.23 bits per heavy atom. The molecule has 1 atom stereocenters. The molecule has 1 fully saturated rings. The van der Waals surface area contributed by atoms with Crippen LogP contribution in [0, 0.1) is 12.3 Å². The Morgan fingerprint density at radius 1 is 1.36 bits per heavy atom. The predicted octanol–water partition coefficient (Wildman–Crippen LogP) is 1.68. The van der Waals surface area contributed by atoms with Gasteiger partial charge < -0.3 is 15.4 Å². The Balaban J connectivity index is 1.68. The van der Waals surface area contributed by atoms with Crippen molar-refractivity contribution in [1.29, 1.82) is 0 Å². The van der Waals surface area contributed by atoms with Gasteiger partial charge in [0.25, 0.3) is 0 Å². The molecule has 2 N–H and O–H groups in total. The van der Waals surface area contributed by atoms with E-state index in [4.69, 9.17) is 11.2 Å². The number of carbonyl (C=O) groups is 2. The van der Waals surface area contributed by atoms with Crippen LogP contribution in [0.15, 0.2) is 24.3 Å². The van der Waals surface area contributed by atoms with Crippen LogP contribution in [0.1, 0.15) is 31.2 Å². The van der Waals surface area contributed by atoms with Crippen molar-refractivity contribution in [3.8, 4) is 12.3 Å². The lowest BCUT2D eigenvalue weighted by Crippen LogP contribution is -2.33. The summed E-state index contributed by atoms with van der Waals surface area (Å²) in [5, 5.41) is 5.30. The van der Waals surface area contributed by atoms with Crippen molar-refractivity contribution in [3.63, 3.8) is 0 Å². The summed E-state index contributed by atoms with van der Waals surface area (Å²) in [6.45, 7) is 0.732. The largest absolute Gasteiger partial charge is 0.378 e. The summed E-state index contributed by atoms with van der Waals surface area (Å²) in [5.74, 6) is 2.09. The maximum absolute atomic E-state index is 11.8. The van der Waals surface area contributed by atoms with Gasteiger partial charge in [0.1, 0.15) is 0 Å². The molecule has 1 saturated heterocycles. The zero-order valence-corrected chi connectivity index (χ0v) is 12.4. The molecule has 0 bridgehead atoms. The molecule has 0 saturated carbocycles. The van der Waals surface area contributed by atoms with E-state index < -0.39 is 0 Å². The number of hydrogen-bond donors (Lipinski definition) is 2. The molecule has 116 valence electrons. The number of amides is 2. The van der Waals surface area contributed by atoms with E-state index in [1.165, 1.54) is 0 Å². The van der Waals surface area contributed by atoms with Gasteiger partial charge in [-0.2, -0.15) is 0 Å². The number of rotatable bonds is 6. The van der Waals surface area contributed by atoms with Gasteiger partial charge in [0.15, 0.2) is 0 Å². The molecule has 1 aliphatic heterocycles. The van der Waals surface area contributed by atoms with Crippen LogP contribution >= 0.6 is 0 Å². The third-order valence-corrected chi connectivity index (χ3v) is 3.48. The Bertz CT molecular complexity index is 572. The Kier molecular flexibility index (Phi) is 5.99. The van der Waals surface area contributed by atoms with Crippen LogP contribution in [0.3, 0.4) is 0 Å². The first-order valence-electron chi connectivity index (χ1n) is 7.42. The number of terminal acetylenes is 1. The van der Waals surface area contributed by atoms with Crippen LogP contribution in [0.4, 0.5) is 5.69 Å². The van der Waals surface area contributed by atoms with E-state index in [0.29, 0.717) is 24.1 Å². The maximum Gasteiger partial charge on any atom is 0.243 e. The van der Waals surface area contributed by atoms with E-state index in [1.54, 1.807) is 24.3 Å². The zero-order valence-electron chi connectivity index (χ0n) is 12.4. The van der Waals surface area contributed by atoms with Gasteiger partial charge in [-0.25, -0.2) is 0 Å². The number of hydrogen-bond acceptors (Lipinski definition) is 3. The predicted molar refractivity (Wildman–Crippen MR) is 84.2 cm³/mol. The Morgan fingerprint density at radius 3 is 2.95 bits per heavy atom. The summed E-state index contributed by atoms with van der Waals surface area (Å²) >= 11 is 0. The normalized spacial score (nSPS) is 16.8. The van der Waals surface area contributed by atoms with Gasteiger partial charge in [-0.05, 0) is 37.5 Å². The first kappa shape index (κ1) is 16.1. The van der Waals surface area contributed by atoms with E-state index in [1.807, 2.05) is 0 Å². The van der Waals surface area contributed by atoms with Gasteiger partial charge >= 0.3 is 0 Å². The molecule has 0 aliphatic carbocycles. The Hall–Kier alpha value is -2.32. The fourth-order valence-corrected chi connectivity index (χ4v) is 2.32. The number of ether oxygens (including phenoxy) is 1. The highest BCUT2D eigenvalue weighted by Crippen LogP contribution is 2.16. The first-order valence-corrected chi connectivity index (χ1v) is 7.42. The lowest BCUT2D eigenvalue weighted by molar-refractivity contribution is -0.124. The van der Waals surface area contributed by atoms with Gasteiger partial charge in [0.2, 0.25) is 11.8 Å². The van der Waals surface area contributed by atoms with E-state index in [2.05, 4.69) is 16.6 Å². The molecule has 1 aliphatic rings. The molecule has 0 radical (unpaired) electrons. The van der Waals surface area contributed by atoms with E-state index in [-0.39, 0.29) is 24.5 Å². The van der Waals surface area contributed by atoms with Crippen LogP contribution in [0.25, 0.3) is 0 Å². The molecule has 2 amide bonds. The summed E-state index contributed by atoms with van der Waals surface area (Å²) in [4.78, 5) is 23.5. The van der Waals surface area contributed by atoms with Crippen LogP contribution in [0.5, 0.6) is 0 Å². The lowest BCUT2D eigenvalue weighted by atomic mass is 10.1. The van der Waals surface area contributed by atoms with Crippen LogP contribution in [0.2, 0.25) is 0 Å². The molecule has 5 nitrogen and oxygen atoms in total. The summed E-state index contributed by atoms with van der Waals surface area (Å²) in [5.41, 5.74) is 1.31. The number of nitrogens with one attached hydrogen (secondary N) is 2. The highest BCUT2D eigenvalue weighted by molar-refractivity contribution is 5.94. The standard InChI is InChI=1S/C17H20N2O3/c1-2-13-5-3-6-14(11-13)19-17(21)12-18-16(20)9-8-15-7-4-10-22-15/h1,3,5-6,11,15H,4,7-10,12H2,(H,18,20)(H,19,21)/t15-/m1/s1. The van der Waals surface area contributed by atoms with Gasteiger partial charge in [-0.1, -0.05) is 12.0 Å². The number of carbonyl (C=O) groups excluding carboxylic acids is 2. The average molecular weight is 300 g/mol. The van der Waals surface area contributed by atoms with E-state index in [9.17, 15) is 9.59 Å². The molecule has 1 heterocycles. The monoisotopic (exact) mass is 300 g/mol. The topological polar surface area (TPSA) is 67.4 Å². The van der Waals surface area contributed by atoms with Crippen molar-refractivity contribution in [2.75, 3.05) is 18.5 Å². The summed E-state index contributed by atoms with van der Waals surface area (Å²) in [6.07, 6.45) is 8.65. The minimum absolute atomic E-state index is 0.0510. The van der Waals surface area contributed by atoms with Crippen molar-refractivity contribution < 1.29 is 14.3 Å². The molecule has 5 heteroatoms. The lowest BCUT2D eigenvalue weighted by Gasteiger charge is -2.10. The minimum atomic E-state index is -0.278. The first-order chi connectivity index (χ1) is 10.7. The fourth-order valence-electron chi connectivity index (χ4n) is 2.32. The molecular weight excluding hydrogens is 280 g/mol. The second-order valence-corrected chi connectivity index (χ2v) is 5.22. The quantitative estimate of drug-likeness (QED) is 0.786. The van der Waals surface area contributed by atoms with Crippen molar-refractivity contribution in [1.82, 2.24) is 5.32 Å². The molecule has 22 heavy (non-hydrogen) atoms. The second kappa shape index (κ2) is 8.20. The molecular formula is C17H20N2O3. The highest BCUT2D eigenvalue weighted by Gasteiger charge is 2.16. The zero-order chi connectivity index (χ0) is 15.8. The maximum atomic E-state index is 11.8. The molecule has 2 rings (SSSR count). The smallest absolute Gasteiger partial charge is 0.243 e. The molecule has 0 aromatic heterocycles. The van der Waals surface area contributed by atoms with Gasteiger partial charge in [0, 0.05) is 24.3 Å². The van der Waals surface area contributed by atoms with Crippen molar-refractivity contribution in [2.45, 2.75) is 31.8 Å². The SMILES string of the molecule is C#Cc1cccc(NC(=O)CNC(=O)CC[C@H]2CCCO2)c1. The van der Waals surface area contributed by atoms with Crippen LogP contribution in [-0.2, 0) is 14.3 Å². The van der Waals surface area contributed by atoms with Crippen molar-refractivity contribution >= 4 is 17.5 Å². The third kappa shape index (κ3) is 5.23. The highest BCUT2D eigenvalue weighted by atomic mass is 16.5. The second-order valence-electron chi connectivity index (χ2n) is 5.22. The summed E-state index contributed by atoms with van der Waals surface area (Å²) in [6, 6.07) is 7.00. The molecule has 0 spiro atoms. The fraction of sp³-hybridized carbons (Fsp3) is 0.412. The average Bonchev–Trinajstić information content (AvgIpc) is 3.04.